The molecule has 0 aliphatic heterocycles. The molecule has 0 radical (unpaired) electrons. The minimum Gasteiger partial charge on any atom is -0.322 e. The van der Waals surface area contributed by atoms with E-state index in [1.54, 1.807) is 24.3 Å². The average molecular weight is 393 g/mol. The smallest absolute Gasteiger partial charge is 0.255 e. The molecule has 0 saturated heterocycles. The molecule has 0 heterocycles. The van der Waals surface area contributed by atoms with Gasteiger partial charge in [0, 0.05) is 16.8 Å². The lowest BCUT2D eigenvalue weighted by atomic mass is 10.1. The normalized spacial score (nSPS) is 10.4. The Labute approximate surface area is 169 Å². The van der Waals surface area contributed by atoms with Gasteiger partial charge in [-0.2, -0.15) is 0 Å². The van der Waals surface area contributed by atoms with Crippen molar-refractivity contribution in [1.29, 1.82) is 0 Å². The van der Waals surface area contributed by atoms with Crippen LogP contribution in [-0.4, -0.2) is 11.8 Å². The molecular formula is C23H21ClN2O2. The van der Waals surface area contributed by atoms with Gasteiger partial charge in [0.1, 0.15) is 0 Å². The molecule has 4 nitrogen and oxygen atoms in total. The first kappa shape index (κ1) is 19.6. The lowest BCUT2D eigenvalue weighted by Gasteiger charge is -2.12. The lowest BCUT2D eigenvalue weighted by Crippen LogP contribution is -2.15. The number of amides is 2. The van der Waals surface area contributed by atoms with Gasteiger partial charge in [0.25, 0.3) is 11.8 Å². The highest BCUT2D eigenvalue weighted by Crippen LogP contribution is 2.25. The van der Waals surface area contributed by atoms with Crippen LogP contribution in [0.5, 0.6) is 0 Å². The zero-order valence-electron chi connectivity index (χ0n) is 16.0. The van der Waals surface area contributed by atoms with Gasteiger partial charge in [-0.05, 0) is 73.9 Å². The fourth-order valence-corrected chi connectivity index (χ4v) is 2.91. The predicted molar refractivity (Wildman–Crippen MR) is 114 cm³/mol. The number of anilines is 2. The van der Waals surface area contributed by atoms with E-state index in [2.05, 4.69) is 10.6 Å². The molecule has 142 valence electrons. The van der Waals surface area contributed by atoms with Gasteiger partial charge in [-0.25, -0.2) is 0 Å². The summed E-state index contributed by atoms with van der Waals surface area (Å²) in [6.45, 7) is 5.87. The molecule has 0 spiro atoms. The Balaban J connectivity index is 1.81. The maximum absolute atomic E-state index is 12.6. The molecule has 2 amide bonds. The van der Waals surface area contributed by atoms with E-state index in [1.165, 1.54) is 0 Å². The Morgan fingerprint density at radius 3 is 1.96 bits per heavy atom. The Morgan fingerprint density at radius 1 is 0.679 bits per heavy atom. The van der Waals surface area contributed by atoms with E-state index >= 15 is 0 Å². The molecule has 0 aliphatic carbocycles. The van der Waals surface area contributed by atoms with Gasteiger partial charge in [0.05, 0.1) is 10.7 Å². The fraction of sp³-hybridized carbons (Fsp3) is 0.130. The van der Waals surface area contributed by atoms with Crippen LogP contribution < -0.4 is 10.6 Å². The van der Waals surface area contributed by atoms with Gasteiger partial charge in [-0.15, -0.1) is 0 Å². The second-order valence-electron chi connectivity index (χ2n) is 6.72. The standard InChI is InChI=1S/C23H21ClN2O2/c1-14-8-9-17(12-16(14)3)22(27)26-21-13-18(10-11-19(21)24)23(28)25-20-7-5-4-6-15(20)2/h4-13H,1-3H3,(H,25,28)(H,26,27). The summed E-state index contributed by atoms with van der Waals surface area (Å²) in [7, 11) is 0. The highest BCUT2D eigenvalue weighted by molar-refractivity contribution is 6.34. The molecule has 0 saturated carbocycles. The van der Waals surface area contributed by atoms with Crippen molar-refractivity contribution in [3.8, 4) is 0 Å². The maximum atomic E-state index is 12.6. The van der Waals surface area contributed by atoms with Crippen molar-refractivity contribution >= 4 is 34.8 Å². The van der Waals surface area contributed by atoms with E-state index in [4.69, 9.17) is 11.6 Å². The van der Waals surface area contributed by atoms with Crippen molar-refractivity contribution in [2.45, 2.75) is 20.8 Å². The number of carbonyl (C=O) groups excluding carboxylic acids is 2. The molecule has 0 aromatic heterocycles. The first-order valence-corrected chi connectivity index (χ1v) is 9.28. The van der Waals surface area contributed by atoms with Gasteiger partial charge in [-0.3, -0.25) is 9.59 Å². The van der Waals surface area contributed by atoms with E-state index in [1.807, 2.05) is 57.2 Å². The number of hydrogen-bond donors (Lipinski definition) is 2. The minimum absolute atomic E-state index is 0.271. The third-order valence-electron chi connectivity index (χ3n) is 4.64. The van der Waals surface area contributed by atoms with E-state index in [9.17, 15) is 9.59 Å². The number of carbonyl (C=O) groups is 2. The van der Waals surface area contributed by atoms with Crippen molar-refractivity contribution in [3.63, 3.8) is 0 Å². The summed E-state index contributed by atoms with van der Waals surface area (Å²) in [5.74, 6) is -0.547. The van der Waals surface area contributed by atoms with Crippen LogP contribution >= 0.6 is 11.6 Å². The highest BCUT2D eigenvalue weighted by atomic mass is 35.5. The predicted octanol–water partition coefficient (Wildman–Crippen LogP) is 5.77. The summed E-state index contributed by atoms with van der Waals surface area (Å²) >= 11 is 6.23. The van der Waals surface area contributed by atoms with Crippen molar-refractivity contribution in [3.05, 3.63) is 93.5 Å². The third kappa shape index (κ3) is 4.41. The maximum Gasteiger partial charge on any atom is 0.255 e. The first-order chi connectivity index (χ1) is 13.3. The third-order valence-corrected chi connectivity index (χ3v) is 4.97. The van der Waals surface area contributed by atoms with Crippen LogP contribution in [0.25, 0.3) is 0 Å². The molecule has 3 aromatic carbocycles. The number of nitrogens with one attached hydrogen (secondary N) is 2. The summed E-state index contributed by atoms with van der Waals surface area (Å²) in [6.07, 6.45) is 0. The fourth-order valence-electron chi connectivity index (χ4n) is 2.75. The van der Waals surface area contributed by atoms with Crippen LogP contribution in [0.3, 0.4) is 0 Å². The number of aryl methyl sites for hydroxylation is 3. The van der Waals surface area contributed by atoms with E-state index in [0.29, 0.717) is 21.8 Å². The number of halogens is 1. The second kappa shape index (κ2) is 8.28. The van der Waals surface area contributed by atoms with Crippen molar-refractivity contribution in [2.24, 2.45) is 0 Å². The topological polar surface area (TPSA) is 58.2 Å². The summed E-state index contributed by atoms with van der Waals surface area (Å²) in [4.78, 5) is 25.2. The van der Waals surface area contributed by atoms with Crippen LogP contribution in [-0.2, 0) is 0 Å². The molecule has 2 N–H and O–H groups in total. The van der Waals surface area contributed by atoms with Crippen LogP contribution in [0.4, 0.5) is 11.4 Å². The van der Waals surface area contributed by atoms with E-state index in [0.717, 1.165) is 22.4 Å². The van der Waals surface area contributed by atoms with Crippen LogP contribution in [0.1, 0.15) is 37.4 Å². The molecule has 0 aliphatic rings. The number of hydrogen-bond acceptors (Lipinski definition) is 2. The zero-order valence-corrected chi connectivity index (χ0v) is 16.7. The van der Waals surface area contributed by atoms with Gasteiger partial charge >= 0.3 is 0 Å². The SMILES string of the molecule is Cc1ccc(C(=O)Nc2cc(C(=O)Nc3ccccc3C)ccc2Cl)cc1C. The minimum atomic E-state index is -0.276. The molecule has 0 fully saturated rings. The number of benzene rings is 3. The van der Waals surface area contributed by atoms with Gasteiger partial charge in [0.15, 0.2) is 0 Å². The second-order valence-corrected chi connectivity index (χ2v) is 7.12. The summed E-state index contributed by atoms with van der Waals surface area (Å²) in [6, 6.07) is 17.8. The molecule has 0 atom stereocenters. The van der Waals surface area contributed by atoms with Gasteiger partial charge in [-0.1, -0.05) is 35.9 Å². The summed E-state index contributed by atoms with van der Waals surface area (Å²) in [5, 5.41) is 6.04. The number of rotatable bonds is 4. The van der Waals surface area contributed by atoms with Crippen LogP contribution in [0.15, 0.2) is 60.7 Å². The Bertz CT molecular complexity index is 1060. The molecule has 5 heteroatoms. The molecule has 3 rings (SSSR count). The largest absolute Gasteiger partial charge is 0.322 e. The van der Waals surface area contributed by atoms with E-state index < -0.39 is 0 Å². The van der Waals surface area contributed by atoms with E-state index in [-0.39, 0.29) is 11.8 Å². The average Bonchev–Trinajstić information content (AvgIpc) is 2.67. The molecule has 28 heavy (non-hydrogen) atoms. The lowest BCUT2D eigenvalue weighted by molar-refractivity contribution is 0.101. The highest BCUT2D eigenvalue weighted by Gasteiger charge is 2.13. The Hall–Kier alpha value is -3.11. The van der Waals surface area contributed by atoms with Crippen molar-refractivity contribution in [2.75, 3.05) is 10.6 Å². The Kier molecular flexibility index (Phi) is 5.81. The van der Waals surface area contributed by atoms with Crippen LogP contribution in [0, 0.1) is 20.8 Å². The van der Waals surface area contributed by atoms with Gasteiger partial charge < -0.3 is 10.6 Å². The molecule has 3 aromatic rings. The van der Waals surface area contributed by atoms with Crippen molar-refractivity contribution < 1.29 is 9.59 Å². The first-order valence-electron chi connectivity index (χ1n) is 8.90. The summed E-state index contributed by atoms with van der Waals surface area (Å²) in [5.41, 5.74) is 5.19. The quantitative estimate of drug-likeness (QED) is 0.592. The molecule has 0 bridgehead atoms. The monoisotopic (exact) mass is 392 g/mol. The molecule has 0 unspecified atom stereocenters. The summed E-state index contributed by atoms with van der Waals surface area (Å²) < 4.78 is 0. The Morgan fingerprint density at radius 2 is 1.29 bits per heavy atom. The van der Waals surface area contributed by atoms with Crippen LogP contribution in [0.2, 0.25) is 5.02 Å². The zero-order chi connectivity index (χ0) is 20.3. The van der Waals surface area contributed by atoms with Gasteiger partial charge in [0.2, 0.25) is 0 Å². The van der Waals surface area contributed by atoms with Crippen molar-refractivity contribution in [1.82, 2.24) is 0 Å². The number of para-hydroxylation sites is 1. The molecular weight excluding hydrogens is 372 g/mol.